The highest BCUT2D eigenvalue weighted by atomic mass is 32.1. The van der Waals surface area contributed by atoms with Gasteiger partial charge >= 0.3 is 0 Å². The number of benzene rings is 18. The van der Waals surface area contributed by atoms with Crippen molar-refractivity contribution in [3.05, 3.63) is 473 Å². The predicted octanol–water partition coefficient (Wildman–Crippen LogP) is 32.8. The summed E-state index contributed by atoms with van der Waals surface area (Å²) in [5, 5.41) is 9.63. The lowest BCUT2D eigenvalue weighted by Crippen LogP contribution is -2.02. The van der Waals surface area contributed by atoms with Crippen LogP contribution in [0, 0.1) is 0 Å². The monoisotopic (exact) mass is 1770 g/mol. The zero-order chi connectivity index (χ0) is 89.9. The largest absolute Gasteiger partial charge is 0.309 e. The van der Waals surface area contributed by atoms with Gasteiger partial charge < -0.3 is 9.13 Å². The van der Waals surface area contributed by atoms with Gasteiger partial charge in [0.05, 0.1) is 33.5 Å². The average molecular weight is 1770 g/mol. The lowest BCUT2D eigenvalue weighted by atomic mass is 9.92. The molecule has 12 heteroatoms. The van der Waals surface area contributed by atoms with Gasteiger partial charge in [0.1, 0.15) is 0 Å². The summed E-state index contributed by atoms with van der Waals surface area (Å²) in [5.74, 6) is 3.49. The molecule has 0 atom stereocenters. The van der Waals surface area contributed by atoms with Gasteiger partial charge in [-0.25, -0.2) is 29.9 Å². The molecule has 8 heterocycles. The molecule has 0 aliphatic rings. The molecular formula is C124H78N10S2. The number of para-hydroxylation sites is 4. The number of hydrogen-bond donors (Lipinski definition) is 0. The van der Waals surface area contributed by atoms with Crippen molar-refractivity contribution in [3.8, 4) is 169 Å². The second kappa shape index (κ2) is 34.6. The third-order valence-corrected chi connectivity index (χ3v) is 28.0. The molecule has 0 saturated carbocycles. The molecule has 0 aliphatic heterocycles. The van der Waals surface area contributed by atoms with Gasteiger partial charge in [0.2, 0.25) is 0 Å². The molecule has 0 saturated heterocycles. The highest BCUT2D eigenvalue weighted by molar-refractivity contribution is 7.26. The van der Waals surface area contributed by atoms with Gasteiger partial charge in [-0.15, -0.1) is 22.7 Å². The quantitative estimate of drug-likeness (QED) is 0.0940. The van der Waals surface area contributed by atoms with Crippen LogP contribution in [0.2, 0.25) is 0 Å². The molecule has 26 aromatic rings. The normalized spacial score (nSPS) is 11.5. The van der Waals surface area contributed by atoms with Crippen molar-refractivity contribution >= 4 is 107 Å². The van der Waals surface area contributed by atoms with Crippen LogP contribution < -0.4 is 0 Å². The summed E-state index contributed by atoms with van der Waals surface area (Å²) in [6.07, 6.45) is 4.03. The summed E-state index contributed by atoms with van der Waals surface area (Å²) in [6, 6.07) is 163. The minimum absolute atomic E-state index is 0.550. The molecule has 0 spiro atoms. The summed E-state index contributed by atoms with van der Waals surface area (Å²) in [6.45, 7) is 0. The van der Waals surface area contributed by atoms with E-state index in [0.717, 1.165) is 139 Å². The lowest BCUT2D eigenvalue weighted by molar-refractivity contribution is 1.07. The molecule has 8 aromatic heterocycles. The van der Waals surface area contributed by atoms with Gasteiger partial charge in [-0.05, 0) is 183 Å². The third kappa shape index (κ3) is 15.0. The van der Waals surface area contributed by atoms with Crippen molar-refractivity contribution in [2.24, 2.45) is 0 Å². The van der Waals surface area contributed by atoms with Crippen LogP contribution in [0.15, 0.2) is 473 Å². The molecule has 0 unspecified atom stereocenters. The van der Waals surface area contributed by atoms with Crippen LogP contribution in [0.3, 0.4) is 0 Å². The maximum absolute atomic E-state index is 5.50. The highest BCUT2D eigenvalue weighted by Crippen LogP contribution is 2.49. The smallest absolute Gasteiger partial charge is 0.166 e. The molecule has 0 radical (unpaired) electrons. The van der Waals surface area contributed by atoms with E-state index in [-0.39, 0.29) is 0 Å². The highest BCUT2D eigenvalue weighted by Gasteiger charge is 2.27. The Morgan fingerprint density at radius 2 is 0.478 bits per heavy atom. The number of rotatable bonds is 16. The summed E-state index contributed by atoms with van der Waals surface area (Å²) < 4.78 is 9.62. The van der Waals surface area contributed by atoms with Crippen LogP contribution in [-0.4, -0.2) is 49.0 Å². The van der Waals surface area contributed by atoms with E-state index < -0.39 is 0 Å². The van der Waals surface area contributed by atoms with Gasteiger partial charge in [0.25, 0.3) is 0 Å². The SMILES string of the molecule is c1ccc(-c2cc(-c3ccccc3)cc(-c3cnc(-c4ccc5sc6cc7c(cc6c5c4)c4ccccc4n7-c4ccccc4)c(-c4nc(-c5ccccc5)nc(-c5ccccc5)n4)c3)c2)cc1.c1ccc(-c2cc(-c3ccccc3)cc(-c3cnc(-c4cccc5sc6cc7c(cc6c45)c4ccccc4n7-c4ccccc4)c(-c4nc(-c5ccccc5)nc(-c5ccccc5)n4)c3)c2)cc1. The molecule has 0 N–H and O–H groups in total. The molecule has 0 aliphatic carbocycles. The van der Waals surface area contributed by atoms with Crippen molar-refractivity contribution < 1.29 is 0 Å². The van der Waals surface area contributed by atoms with Gasteiger partial charge in [-0.1, -0.05) is 334 Å². The first kappa shape index (κ1) is 80.4. The van der Waals surface area contributed by atoms with Crippen LogP contribution in [0.1, 0.15) is 0 Å². The van der Waals surface area contributed by atoms with Crippen LogP contribution >= 0.6 is 22.7 Å². The Bertz CT molecular complexity index is 8820. The molecule has 18 aromatic carbocycles. The van der Waals surface area contributed by atoms with E-state index in [1.165, 1.54) is 78.6 Å². The van der Waals surface area contributed by atoms with Gasteiger partial charge in [-0.2, -0.15) is 0 Å². The summed E-state index contributed by atoms with van der Waals surface area (Å²) in [7, 11) is 0. The van der Waals surface area contributed by atoms with Crippen LogP contribution in [0.4, 0.5) is 0 Å². The van der Waals surface area contributed by atoms with Gasteiger partial charge in [0, 0.05) is 141 Å². The average Bonchev–Trinajstić information content (AvgIpc) is 1.55. The molecule has 136 heavy (non-hydrogen) atoms. The van der Waals surface area contributed by atoms with Crippen LogP contribution in [0.25, 0.3) is 253 Å². The topological polar surface area (TPSA) is 113 Å². The van der Waals surface area contributed by atoms with Crippen molar-refractivity contribution in [3.63, 3.8) is 0 Å². The molecule has 10 nitrogen and oxygen atoms in total. The van der Waals surface area contributed by atoms with Crippen molar-refractivity contribution in [2.75, 3.05) is 0 Å². The standard InChI is InChI=1S/2C62H39N5S/c1-6-19-40(20-7-1)44-33-45(41-21-8-2-9-22-41)35-46(34-44)47-36-53(62-65-60(42-23-10-3-11-24-42)64-61(66-62)43-25-12-4-13-26-43)59(63-39-47)50-30-18-32-56-58(50)52-37-51-49-29-16-17-31-54(49)67(48-27-14-5-15-28-48)55(51)38-57(52)68-56;1-6-18-40(19-7-1)45-32-46(41-20-8-2-9-21-41)34-47(33-45)48-36-54(62-65-60(42-22-10-3-11-23-42)64-61(66-62)43-24-12-4-13-25-43)59(63-39-48)44-30-31-57-52(35-44)53-37-51-50-28-16-17-29-55(50)67(49-26-14-5-15-27-49)56(51)38-58(53)68-57/h2*1-39H. The summed E-state index contributed by atoms with van der Waals surface area (Å²) >= 11 is 3.64. The Labute approximate surface area is 792 Å². The molecule has 26 rings (SSSR count). The lowest BCUT2D eigenvalue weighted by Gasteiger charge is -2.15. The fourth-order valence-corrected chi connectivity index (χ4v) is 21.5. The number of aromatic nitrogens is 10. The van der Waals surface area contributed by atoms with E-state index >= 15 is 0 Å². The second-order valence-corrected chi connectivity index (χ2v) is 36.2. The minimum atomic E-state index is 0.550. The summed E-state index contributed by atoms with van der Waals surface area (Å²) in [4.78, 5) is 42.3. The van der Waals surface area contributed by atoms with Gasteiger partial charge in [-0.3, -0.25) is 9.97 Å². The fraction of sp³-hybridized carbons (Fsp3) is 0. The van der Waals surface area contributed by atoms with E-state index in [2.05, 4.69) is 373 Å². The number of nitrogens with zero attached hydrogens (tertiary/aromatic N) is 10. The van der Waals surface area contributed by atoms with E-state index in [1.807, 2.05) is 132 Å². The summed E-state index contributed by atoms with van der Waals surface area (Å²) in [5.41, 5.74) is 29.0. The van der Waals surface area contributed by atoms with E-state index in [1.54, 1.807) is 0 Å². The number of pyridine rings is 2. The first-order valence-corrected chi connectivity index (χ1v) is 47.2. The predicted molar refractivity (Wildman–Crippen MR) is 566 cm³/mol. The fourth-order valence-electron chi connectivity index (χ4n) is 19.2. The molecule has 636 valence electrons. The zero-order valence-corrected chi connectivity index (χ0v) is 75.0. The van der Waals surface area contributed by atoms with E-state index in [4.69, 9.17) is 39.9 Å². The van der Waals surface area contributed by atoms with Crippen molar-refractivity contribution in [1.82, 2.24) is 49.0 Å². The number of thiophene rings is 2. The Balaban J connectivity index is 0.000000145. The number of fused-ring (bicyclic) bond motifs is 12. The molecule has 0 amide bonds. The molecular weight excluding hydrogens is 1690 g/mol. The van der Waals surface area contributed by atoms with Crippen molar-refractivity contribution in [1.29, 1.82) is 0 Å². The Kier molecular flexibility index (Phi) is 20.4. The Hall–Kier alpha value is -17.7. The van der Waals surface area contributed by atoms with E-state index in [0.29, 0.717) is 34.9 Å². The zero-order valence-electron chi connectivity index (χ0n) is 73.3. The van der Waals surface area contributed by atoms with Crippen LogP contribution in [0.5, 0.6) is 0 Å². The van der Waals surface area contributed by atoms with E-state index in [9.17, 15) is 0 Å². The Morgan fingerprint density at radius 1 is 0.162 bits per heavy atom. The van der Waals surface area contributed by atoms with Gasteiger partial charge in [0.15, 0.2) is 34.9 Å². The third-order valence-electron chi connectivity index (χ3n) is 25.7. The maximum atomic E-state index is 5.50. The minimum Gasteiger partial charge on any atom is -0.309 e. The first-order valence-electron chi connectivity index (χ1n) is 45.6. The second-order valence-electron chi connectivity index (χ2n) is 34.1. The maximum Gasteiger partial charge on any atom is 0.166 e. The molecule has 0 fully saturated rings. The van der Waals surface area contributed by atoms with Crippen LogP contribution in [-0.2, 0) is 0 Å². The first-order chi connectivity index (χ1) is 67.4. The molecule has 0 bridgehead atoms. The number of hydrogen-bond acceptors (Lipinski definition) is 10. The Morgan fingerprint density at radius 3 is 0.882 bits per heavy atom. The van der Waals surface area contributed by atoms with Crippen molar-refractivity contribution in [2.45, 2.75) is 0 Å².